The molecule has 0 aromatic carbocycles. The van der Waals surface area contributed by atoms with Crippen molar-refractivity contribution in [2.24, 2.45) is 0 Å². The Labute approximate surface area is 198 Å². The first kappa shape index (κ1) is 33.0. The van der Waals surface area contributed by atoms with Crippen LogP contribution in [0.4, 0.5) is 26.3 Å². The number of alkyl halides is 6. The maximum atomic E-state index is 13.1. The Morgan fingerprint density at radius 3 is 1.00 bits per heavy atom. The molecule has 0 N–H and O–H groups in total. The smallest absolute Gasteiger partial charge is 0.388 e. The fraction of sp³-hybridized carbons (Fsp3) is 0.875. The second-order valence-corrected chi connectivity index (χ2v) is 59.0. The lowest BCUT2D eigenvalue weighted by atomic mass is 10.7. The summed E-state index contributed by atoms with van der Waals surface area (Å²) < 4.78 is 89.9. The van der Waals surface area contributed by atoms with Gasteiger partial charge in [-0.1, -0.05) is 78.6 Å². The molecule has 0 unspecified atom stereocenters. The molecular formula is C16H36F6NO4PSi5. The molecule has 5 nitrogen and oxygen atoms in total. The molecule has 0 spiro atoms. The number of carbonyl (C=O) groups is 2. The summed E-state index contributed by atoms with van der Waals surface area (Å²) in [5.74, 6) is -5.31. The first-order chi connectivity index (χ1) is 14.0. The molecule has 0 bridgehead atoms. The van der Waals surface area contributed by atoms with E-state index in [0.29, 0.717) is 0 Å². The molecular weight excluding hydrogens is 556 g/mol. The van der Waals surface area contributed by atoms with Crippen LogP contribution in [0.15, 0.2) is 0 Å². The number of halogens is 6. The second-order valence-electron chi connectivity index (χ2n) is 11.9. The van der Waals surface area contributed by atoms with Crippen LogP contribution in [-0.4, -0.2) is 66.1 Å². The van der Waals surface area contributed by atoms with E-state index in [9.17, 15) is 35.9 Å². The molecule has 0 rings (SSSR count). The molecule has 0 radical (unpaired) electrons. The number of carbonyl (C=O) groups excluding carboxylic acids is 2. The predicted molar refractivity (Wildman–Crippen MR) is 132 cm³/mol. The molecule has 0 aromatic heterocycles. The Balaban J connectivity index is 7.48. The van der Waals surface area contributed by atoms with E-state index < -0.39 is 70.6 Å². The van der Waals surface area contributed by atoms with Gasteiger partial charge in [-0.25, -0.2) is 9.59 Å². The van der Waals surface area contributed by atoms with Gasteiger partial charge in [-0.2, -0.15) is 26.3 Å². The van der Waals surface area contributed by atoms with Crippen LogP contribution in [0.1, 0.15) is 0 Å². The van der Waals surface area contributed by atoms with Crippen LogP contribution in [0.3, 0.4) is 0 Å². The highest BCUT2D eigenvalue weighted by atomic mass is 31.2. The number of hydrogen-bond donors (Lipinski definition) is 0. The zero-order valence-corrected chi connectivity index (χ0v) is 27.2. The van der Waals surface area contributed by atoms with Crippen molar-refractivity contribution in [2.45, 2.75) is 90.9 Å². The van der Waals surface area contributed by atoms with E-state index in [-0.39, 0.29) is 0 Å². The van der Waals surface area contributed by atoms with Crippen LogP contribution >= 0.6 is 8.53 Å². The first-order valence-corrected chi connectivity index (χ1v) is 30.2. The monoisotopic (exact) mass is 591 g/mol. The molecule has 0 heterocycles. The number of nitrogens with zero attached hydrogens (tertiary/aromatic N) is 1. The summed E-state index contributed by atoms with van der Waals surface area (Å²) in [6, 6.07) is 0. The van der Waals surface area contributed by atoms with Crippen LogP contribution in [-0.2, 0) is 18.6 Å². The quantitative estimate of drug-likeness (QED) is 0.177. The predicted octanol–water partition coefficient (Wildman–Crippen LogP) is 6.76. The summed E-state index contributed by atoms with van der Waals surface area (Å²) in [6.07, 6.45) is -10.9. The van der Waals surface area contributed by atoms with Crippen LogP contribution in [0.25, 0.3) is 0 Å². The zero-order valence-electron chi connectivity index (χ0n) is 21.3. The fourth-order valence-corrected chi connectivity index (χ4v) is 137. The maximum absolute atomic E-state index is 13.1. The van der Waals surface area contributed by atoms with Crippen molar-refractivity contribution < 1.29 is 45.0 Å². The molecule has 0 saturated heterocycles. The van der Waals surface area contributed by atoms with Gasteiger partial charge in [-0.15, -0.1) is 0 Å². The van der Waals surface area contributed by atoms with Crippen molar-refractivity contribution in [3.8, 4) is 0 Å². The molecule has 196 valence electrons. The summed E-state index contributed by atoms with van der Waals surface area (Å²) in [5.41, 5.74) is 0. The van der Waals surface area contributed by atoms with Gasteiger partial charge in [0, 0.05) is 0 Å². The van der Waals surface area contributed by atoms with Crippen molar-refractivity contribution in [1.29, 1.82) is 0 Å². The average Bonchev–Trinajstić information content (AvgIpc) is 2.44. The van der Waals surface area contributed by atoms with Crippen molar-refractivity contribution in [2.75, 3.05) is 0 Å². The Bertz CT molecular complexity index is 675. The molecule has 17 heteroatoms. The van der Waals surface area contributed by atoms with Gasteiger partial charge in [-0.3, -0.25) is 4.00 Å². The van der Waals surface area contributed by atoms with Gasteiger partial charge in [0.2, 0.25) is 0 Å². The lowest BCUT2D eigenvalue weighted by Gasteiger charge is -2.65. The Morgan fingerprint density at radius 2 is 0.848 bits per heavy atom. The standard InChI is InChI=1S/C16H36F6NO4PSi5/c1-29(2,3)23(33(30(4,5)6,31(7,8)9)32(10,11)12)28(26-13(24)15(17,18)19)27-14(25)16(20,21)22/h1-12H3. The van der Waals surface area contributed by atoms with E-state index in [1.165, 1.54) is 0 Å². The van der Waals surface area contributed by atoms with Crippen LogP contribution in [0, 0.1) is 0 Å². The van der Waals surface area contributed by atoms with Crippen LogP contribution in [0.2, 0.25) is 78.6 Å². The maximum Gasteiger partial charge on any atom is 0.491 e. The molecule has 0 aliphatic carbocycles. The highest BCUT2D eigenvalue weighted by Crippen LogP contribution is 2.57. The van der Waals surface area contributed by atoms with Crippen molar-refractivity contribution in [1.82, 2.24) is 4.00 Å². The molecule has 0 atom stereocenters. The Morgan fingerprint density at radius 1 is 0.606 bits per heavy atom. The van der Waals surface area contributed by atoms with E-state index in [4.69, 9.17) is 0 Å². The number of hydrogen-bond acceptors (Lipinski definition) is 5. The molecule has 0 aromatic rings. The first-order valence-electron chi connectivity index (χ1n) is 10.2. The summed E-state index contributed by atoms with van der Waals surface area (Å²) >= 11 is 0. The molecule has 0 saturated carbocycles. The van der Waals surface area contributed by atoms with E-state index in [2.05, 4.69) is 68.0 Å². The van der Waals surface area contributed by atoms with E-state index in [1.54, 1.807) is 23.6 Å². The average molecular weight is 592 g/mol. The van der Waals surface area contributed by atoms with E-state index >= 15 is 0 Å². The molecule has 0 aliphatic heterocycles. The highest BCUT2D eigenvalue weighted by molar-refractivity contribution is 7.91. The van der Waals surface area contributed by atoms with Gasteiger partial charge in [0.05, 0.1) is 22.8 Å². The van der Waals surface area contributed by atoms with Crippen LogP contribution < -0.4 is 0 Å². The minimum Gasteiger partial charge on any atom is -0.388 e. The minimum atomic E-state index is -5.45. The highest BCUT2D eigenvalue weighted by Gasteiger charge is 2.70. The summed E-state index contributed by atoms with van der Waals surface area (Å²) in [5, 5.41) is 0. The van der Waals surface area contributed by atoms with Crippen molar-refractivity contribution in [3.05, 3.63) is 0 Å². The third-order valence-corrected chi connectivity index (χ3v) is 87.0. The third-order valence-electron chi connectivity index (χ3n) is 5.16. The second kappa shape index (κ2) is 9.80. The number of rotatable bonds is 8. The van der Waals surface area contributed by atoms with Gasteiger partial charge in [-0.05, 0) is 0 Å². The molecule has 33 heavy (non-hydrogen) atoms. The van der Waals surface area contributed by atoms with E-state index in [1.807, 2.05) is 0 Å². The lowest BCUT2D eigenvalue weighted by molar-refractivity contribution is -0.194. The summed E-state index contributed by atoms with van der Waals surface area (Å²) in [4.78, 5) is 23.7. The zero-order chi connectivity index (χ0) is 27.2. The van der Waals surface area contributed by atoms with Gasteiger partial charge in [0.15, 0.2) is 0 Å². The molecule has 0 fully saturated rings. The van der Waals surface area contributed by atoms with Crippen molar-refractivity contribution in [3.63, 3.8) is 0 Å². The van der Waals surface area contributed by atoms with Gasteiger partial charge >= 0.3 is 32.8 Å². The molecule has 0 aliphatic rings. The third kappa shape index (κ3) is 7.25. The Kier molecular flexibility index (Phi) is 9.80. The summed E-state index contributed by atoms with van der Waals surface area (Å²) in [7, 11) is -13.1. The SMILES string of the molecule is C[Si](C)(C)N(P(OC(=O)C(F)(F)F)OC(=O)C(F)(F)F)[Si]([Si](C)(C)C)([Si](C)(C)C)[Si](C)(C)C. The Hall–Kier alpha value is -0.00558. The van der Waals surface area contributed by atoms with E-state index in [0.717, 1.165) is 0 Å². The lowest BCUT2D eigenvalue weighted by Crippen LogP contribution is -2.91. The van der Waals surface area contributed by atoms with Gasteiger partial charge in [0.25, 0.3) is 0 Å². The van der Waals surface area contributed by atoms with Crippen LogP contribution in [0.5, 0.6) is 0 Å². The minimum absolute atomic E-state index is 1.69. The topological polar surface area (TPSA) is 55.8 Å². The fourth-order valence-electron chi connectivity index (χ4n) is 5.54. The largest absolute Gasteiger partial charge is 0.491 e. The van der Waals surface area contributed by atoms with Crippen molar-refractivity contribution >= 4 is 58.3 Å². The van der Waals surface area contributed by atoms with Gasteiger partial charge in [0.1, 0.15) is 15.0 Å². The summed E-state index contributed by atoms with van der Waals surface area (Å²) in [6.45, 7) is 21.1. The normalized spacial score (nSPS) is 15.2. The van der Waals surface area contributed by atoms with Gasteiger partial charge < -0.3 is 9.05 Å². The molecule has 0 amide bonds.